The monoisotopic (exact) mass is 436 g/mol. The SMILES string of the molecule is CCOc1cc(C(=O)OC(C)c2nc(-c3cccc(C(F)(F)F)c3)no2)ccc1OC. The summed E-state index contributed by atoms with van der Waals surface area (Å²) in [5.41, 5.74) is -0.492. The number of hydrogen-bond donors (Lipinski definition) is 0. The van der Waals surface area contributed by atoms with Crippen LogP contribution in [0.15, 0.2) is 47.0 Å². The van der Waals surface area contributed by atoms with Crippen LogP contribution < -0.4 is 9.47 Å². The summed E-state index contributed by atoms with van der Waals surface area (Å²) in [4.78, 5) is 16.5. The highest BCUT2D eigenvalue weighted by molar-refractivity contribution is 5.90. The molecule has 0 N–H and O–H groups in total. The number of esters is 1. The summed E-state index contributed by atoms with van der Waals surface area (Å²) in [7, 11) is 1.48. The second kappa shape index (κ2) is 9.07. The maximum absolute atomic E-state index is 12.9. The zero-order chi connectivity index (χ0) is 22.6. The largest absolute Gasteiger partial charge is 0.493 e. The molecule has 3 rings (SSSR count). The maximum Gasteiger partial charge on any atom is 0.416 e. The van der Waals surface area contributed by atoms with E-state index in [9.17, 15) is 18.0 Å². The molecule has 31 heavy (non-hydrogen) atoms. The number of carbonyl (C=O) groups is 1. The summed E-state index contributed by atoms with van der Waals surface area (Å²) in [6.07, 6.45) is -5.43. The van der Waals surface area contributed by atoms with E-state index in [-0.39, 0.29) is 22.8 Å². The van der Waals surface area contributed by atoms with Crippen LogP contribution in [0.25, 0.3) is 11.4 Å². The summed E-state index contributed by atoms with van der Waals surface area (Å²) in [6.45, 7) is 3.68. The van der Waals surface area contributed by atoms with Crippen molar-refractivity contribution in [1.82, 2.24) is 10.1 Å². The molecule has 1 heterocycles. The fraction of sp³-hybridized carbons (Fsp3) is 0.286. The van der Waals surface area contributed by atoms with Crippen molar-refractivity contribution in [2.45, 2.75) is 26.1 Å². The number of rotatable bonds is 7. The van der Waals surface area contributed by atoms with Gasteiger partial charge in [-0.25, -0.2) is 4.79 Å². The lowest BCUT2D eigenvalue weighted by atomic mass is 10.1. The summed E-state index contributed by atoms with van der Waals surface area (Å²) in [6, 6.07) is 9.10. The maximum atomic E-state index is 12.9. The van der Waals surface area contributed by atoms with Crippen molar-refractivity contribution < 1.29 is 36.7 Å². The molecule has 0 spiro atoms. The second-order valence-corrected chi connectivity index (χ2v) is 6.38. The Kier molecular flexibility index (Phi) is 6.47. The van der Waals surface area contributed by atoms with Gasteiger partial charge in [0.05, 0.1) is 24.8 Å². The first kappa shape index (κ1) is 22.1. The Labute approximate surface area is 175 Å². The second-order valence-electron chi connectivity index (χ2n) is 6.38. The first-order valence-electron chi connectivity index (χ1n) is 9.26. The van der Waals surface area contributed by atoms with E-state index in [4.69, 9.17) is 18.7 Å². The molecule has 0 bridgehead atoms. The molecule has 10 heteroatoms. The summed E-state index contributed by atoms with van der Waals surface area (Å²) < 4.78 is 59.8. The zero-order valence-corrected chi connectivity index (χ0v) is 16.9. The number of methoxy groups -OCH3 is 1. The van der Waals surface area contributed by atoms with Crippen LogP contribution in [0.3, 0.4) is 0 Å². The number of nitrogens with zero attached hydrogens (tertiary/aromatic N) is 2. The van der Waals surface area contributed by atoms with Crippen LogP contribution in [0.5, 0.6) is 11.5 Å². The van der Waals surface area contributed by atoms with Crippen molar-refractivity contribution in [2.24, 2.45) is 0 Å². The number of benzene rings is 2. The van der Waals surface area contributed by atoms with Gasteiger partial charge in [0.25, 0.3) is 5.89 Å². The summed E-state index contributed by atoms with van der Waals surface area (Å²) >= 11 is 0. The molecule has 0 saturated carbocycles. The van der Waals surface area contributed by atoms with Gasteiger partial charge in [-0.2, -0.15) is 18.2 Å². The van der Waals surface area contributed by atoms with Gasteiger partial charge >= 0.3 is 12.1 Å². The van der Waals surface area contributed by atoms with E-state index in [1.54, 1.807) is 13.0 Å². The van der Waals surface area contributed by atoms with E-state index in [0.717, 1.165) is 12.1 Å². The molecule has 2 aromatic carbocycles. The quantitative estimate of drug-likeness (QED) is 0.478. The first-order chi connectivity index (χ1) is 14.7. The molecule has 1 atom stereocenters. The molecule has 0 amide bonds. The Morgan fingerprint density at radius 1 is 1.16 bits per heavy atom. The highest BCUT2D eigenvalue weighted by Gasteiger charge is 2.31. The number of ether oxygens (including phenoxy) is 3. The number of carbonyl (C=O) groups excluding carboxylic acids is 1. The predicted molar refractivity (Wildman–Crippen MR) is 103 cm³/mol. The van der Waals surface area contributed by atoms with E-state index in [1.165, 1.54) is 38.3 Å². The van der Waals surface area contributed by atoms with Gasteiger partial charge in [-0.1, -0.05) is 17.3 Å². The van der Waals surface area contributed by atoms with Gasteiger partial charge < -0.3 is 18.7 Å². The van der Waals surface area contributed by atoms with Gasteiger partial charge in [0, 0.05) is 5.56 Å². The van der Waals surface area contributed by atoms with Gasteiger partial charge in [-0.15, -0.1) is 0 Å². The third-order valence-electron chi connectivity index (χ3n) is 4.22. The molecule has 0 aliphatic carbocycles. The third-order valence-corrected chi connectivity index (χ3v) is 4.22. The van der Waals surface area contributed by atoms with Crippen molar-refractivity contribution in [2.75, 3.05) is 13.7 Å². The number of aromatic nitrogens is 2. The fourth-order valence-electron chi connectivity index (χ4n) is 2.70. The fourth-order valence-corrected chi connectivity index (χ4v) is 2.70. The number of hydrogen-bond acceptors (Lipinski definition) is 7. The molecule has 0 aliphatic heterocycles. The Hall–Kier alpha value is -3.56. The average molecular weight is 436 g/mol. The van der Waals surface area contributed by atoms with Gasteiger partial charge in [-0.3, -0.25) is 0 Å². The first-order valence-corrected chi connectivity index (χ1v) is 9.26. The molecular formula is C21H19F3N2O5. The van der Waals surface area contributed by atoms with Crippen LogP contribution in [-0.2, 0) is 10.9 Å². The Morgan fingerprint density at radius 3 is 2.61 bits per heavy atom. The molecule has 0 fully saturated rings. The predicted octanol–water partition coefficient (Wildman–Crippen LogP) is 5.08. The molecule has 164 valence electrons. The minimum atomic E-state index is -4.50. The Bertz CT molecular complexity index is 1070. The topological polar surface area (TPSA) is 83.7 Å². The molecule has 1 aromatic heterocycles. The Balaban J connectivity index is 1.75. The van der Waals surface area contributed by atoms with Crippen molar-refractivity contribution in [3.8, 4) is 22.9 Å². The highest BCUT2D eigenvalue weighted by Crippen LogP contribution is 2.32. The molecule has 0 saturated heterocycles. The third kappa shape index (κ3) is 5.14. The minimum Gasteiger partial charge on any atom is -0.493 e. The zero-order valence-electron chi connectivity index (χ0n) is 16.9. The van der Waals surface area contributed by atoms with Gasteiger partial charge in [0.2, 0.25) is 5.82 Å². The van der Waals surface area contributed by atoms with E-state index in [2.05, 4.69) is 10.1 Å². The molecule has 1 unspecified atom stereocenters. The van der Waals surface area contributed by atoms with E-state index in [1.807, 2.05) is 0 Å². The standard InChI is InChI=1S/C21H19F3N2O5/c1-4-29-17-11-14(8-9-16(17)28-3)20(27)30-12(2)19-25-18(26-31-19)13-6-5-7-15(10-13)21(22,23)24/h5-12H,4H2,1-3H3. The van der Waals surface area contributed by atoms with Crippen molar-refractivity contribution >= 4 is 5.97 Å². The lowest BCUT2D eigenvalue weighted by Crippen LogP contribution is -2.10. The lowest BCUT2D eigenvalue weighted by Gasteiger charge is -2.12. The molecular weight excluding hydrogens is 417 g/mol. The van der Waals surface area contributed by atoms with Crippen molar-refractivity contribution in [3.63, 3.8) is 0 Å². The van der Waals surface area contributed by atoms with Crippen molar-refractivity contribution in [3.05, 3.63) is 59.5 Å². The lowest BCUT2D eigenvalue weighted by molar-refractivity contribution is -0.137. The molecule has 7 nitrogen and oxygen atoms in total. The Morgan fingerprint density at radius 2 is 1.94 bits per heavy atom. The molecule has 3 aromatic rings. The van der Waals surface area contributed by atoms with Crippen LogP contribution in [-0.4, -0.2) is 29.8 Å². The van der Waals surface area contributed by atoms with E-state index < -0.39 is 23.8 Å². The minimum absolute atomic E-state index is 0.0490. The van der Waals surface area contributed by atoms with Crippen LogP contribution >= 0.6 is 0 Å². The number of alkyl halides is 3. The van der Waals surface area contributed by atoms with Crippen LogP contribution in [0.4, 0.5) is 13.2 Å². The van der Waals surface area contributed by atoms with Gasteiger partial charge in [0.15, 0.2) is 17.6 Å². The average Bonchev–Trinajstić information content (AvgIpc) is 3.24. The number of halogens is 3. The normalized spacial score (nSPS) is 12.3. The van der Waals surface area contributed by atoms with Crippen LogP contribution in [0.2, 0.25) is 0 Å². The molecule has 0 radical (unpaired) electrons. The van der Waals surface area contributed by atoms with E-state index >= 15 is 0 Å². The van der Waals surface area contributed by atoms with Gasteiger partial charge in [0.1, 0.15) is 0 Å². The van der Waals surface area contributed by atoms with Crippen molar-refractivity contribution in [1.29, 1.82) is 0 Å². The summed E-state index contributed by atoms with van der Waals surface area (Å²) in [5, 5.41) is 3.69. The van der Waals surface area contributed by atoms with Crippen LogP contribution in [0.1, 0.15) is 41.8 Å². The molecule has 0 aliphatic rings. The highest BCUT2D eigenvalue weighted by atomic mass is 19.4. The summed E-state index contributed by atoms with van der Waals surface area (Å²) in [5.74, 6) is 0.0760. The van der Waals surface area contributed by atoms with Crippen LogP contribution in [0, 0.1) is 0 Å². The smallest absolute Gasteiger partial charge is 0.416 e. The van der Waals surface area contributed by atoms with Gasteiger partial charge in [-0.05, 0) is 44.2 Å². The van der Waals surface area contributed by atoms with E-state index in [0.29, 0.717) is 18.1 Å².